The van der Waals surface area contributed by atoms with Crippen LogP contribution in [0.1, 0.15) is 46.0 Å². The van der Waals surface area contributed by atoms with E-state index in [2.05, 4.69) is 62.0 Å². The minimum absolute atomic E-state index is 0.127. The zero-order chi connectivity index (χ0) is 47.9. The van der Waals surface area contributed by atoms with Gasteiger partial charge in [-0.2, -0.15) is 0 Å². The Bertz CT molecular complexity index is 3550. The number of fused-ring (bicyclic) bond motifs is 4. The molecule has 1 atom stereocenters. The van der Waals surface area contributed by atoms with Gasteiger partial charge in [0.25, 0.3) is 6.33 Å². The molecule has 0 saturated heterocycles. The van der Waals surface area contributed by atoms with Crippen molar-refractivity contribution >= 4 is 32.8 Å². The highest BCUT2D eigenvalue weighted by atomic mass is 16.5. The highest BCUT2D eigenvalue weighted by Gasteiger charge is 2.21. The van der Waals surface area contributed by atoms with Crippen molar-refractivity contribution in [3.05, 3.63) is 200 Å². The molecule has 10 aromatic rings. The third kappa shape index (κ3) is 6.22. The molecular weight excluding hydrogens is 709 g/mol. The van der Waals surface area contributed by atoms with Gasteiger partial charge in [-0.1, -0.05) is 148 Å². The molecule has 280 valence electrons. The van der Waals surface area contributed by atoms with Crippen LogP contribution in [0.25, 0.3) is 72.3 Å². The first-order chi connectivity index (χ1) is 32.7. The second-order valence-corrected chi connectivity index (χ2v) is 14.6. The number of benzene rings is 7. The molecule has 0 spiro atoms. The van der Waals surface area contributed by atoms with E-state index < -0.39 is 60.4 Å². The molecule has 5 nitrogen and oxygen atoms in total. The lowest BCUT2D eigenvalue weighted by molar-refractivity contribution is -0.571. The number of rotatable bonds is 9. The van der Waals surface area contributed by atoms with Crippen LogP contribution in [0.15, 0.2) is 188 Å². The molecule has 0 amide bonds. The summed E-state index contributed by atoms with van der Waals surface area (Å²) in [5.74, 6) is 2.71. The van der Waals surface area contributed by atoms with Crippen LogP contribution in [0.5, 0.6) is 11.5 Å². The number of pyridine rings is 1. The van der Waals surface area contributed by atoms with Crippen LogP contribution >= 0.6 is 0 Å². The number of hydrogen-bond donors (Lipinski definition) is 0. The second kappa shape index (κ2) is 14.7. The average Bonchev–Trinajstić information content (AvgIpc) is 3.90. The van der Waals surface area contributed by atoms with E-state index in [4.69, 9.17) is 23.4 Å². The predicted octanol–water partition coefficient (Wildman–Crippen LogP) is 13.1. The van der Waals surface area contributed by atoms with Crippen molar-refractivity contribution < 1.29 is 23.0 Å². The van der Waals surface area contributed by atoms with Crippen LogP contribution in [0.3, 0.4) is 0 Å². The van der Waals surface area contributed by atoms with Crippen LogP contribution < -0.4 is 9.30 Å². The topological polar surface area (TPSA) is 35.9 Å². The van der Waals surface area contributed by atoms with E-state index in [9.17, 15) is 0 Å². The number of hydrogen-bond acceptors (Lipinski definition) is 2. The van der Waals surface area contributed by atoms with Crippen LogP contribution in [0.2, 0.25) is 0 Å². The molecular formula is C53H42N4O. The van der Waals surface area contributed by atoms with E-state index in [1.807, 2.05) is 79.0 Å². The highest BCUT2D eigenvalue weighted by Crippen LogP contribution is 2.37. The van der Waals surface area contributed by atoms with Crippen molar-refractivity contribution in [3.63, 3.8) is 0 Å². The number of para-hydroxylation sites is 4. The number of imidazole rings is 1. The summed E-state index contributed by atoms with van der Waals surface area (Å²) >= 11 is 0. The molecule has 0 N–H and O–H groups in total. The zero-order valence-electron chi connectivity index (χ0n) is 42.0. The third-order valence-corrected chi connectivity index (χ3v) is 10.8. The van der Waals surface area contributed by atoms with Gasteiger partial charge in [0.1, 0.15) is 17.3 Å². The van der Waals surface area contributed by atoms with E-state index >= 15 is 0 Å². The van der Waals surface area contributed by atoms with Crippen molar-refractivity contribution in [2.45, 2.75) is 26.7 Å². The van der Waals surface area contributed by atoms with Gasteiger partial charge in [0.2, 0.25) is 0 Å². The van der Waals surface area contributed by atoms with E-state index in [0.717, 1.165) is 27.6 Å². The summed E-state index contributed by atoms with van der Waals surface area (Å²) < 4.78 is 99.1. The van der Waals surface area contributed by atoms with Gasteiger partial charge in [-0.05, 0) is 88.2 Å². The summed E-state index contributed by atoms with van der Waals surface area (Å²) in [6.07, 6.45) is 5.31. The predicted molar refractivity (Wildman–Crippen MR) is 236 cm³/mol. The molecule has 3 heterocycles. The van der Waals surface area contributed by atoms with E-state index in [1.54, 1.807) is 27.3 Å². The first kappa shape index (κ1) is 25.8. The first-order valence-electron chi connectivity index (χ1n) is 24.2. The minimum atomic E-state index is -0.564. The smallest absolute Gasteiger partial charge is 0.269 e. The van der Waals surface area contributed by atoms with Gasteiger partial charge in [0.15, 0.2) is 0 Å². The van der Waals surface area contributed by atoms with Crippen LogP contribution in [-0.2, 0) is 0 Å². The average molecular weight is 761 g/mol. The summed E-state index contributed by atoms with van der Waals surface area (Å²) in [5, 5.41) is 2.14. The van der Waals surface area contributed by atoms with Crippen molar-refractivity contribution in [2.24, 2.45) is 5.92 Å². The monoisotopic (exact) mass is 760 g/mol. The Balaban J connectivity index is 1.14. The van der Waals surface area contributed by atoms with Gasteiger partial charge in [-0.15, -0.1) is 0 Å². The quantitative estimate of drug-likeness (QED) is 0.108. The molecule has 0 bridgehead atoms. The van der Waals surface area contributed by atoms with Crippen molar-refractivity contribution in [1.82, 2.24) is 14.1 Å². The van der Waals surface area contributed by atoms with Crippen molar-refractivity contribution in [1.29, 1.82) is 0 Å². The van der Waals surface area contributed by atoms with Gasteiger partial charge in [0, 0.05) is 23.0 Å². The fourth-order valence-corrected chi connectivity index (χ4v) is 7.68. The van der Waals surface area contributed by atoms with Crippen LogP contribution in [0.4, 0.5) is 0 Å². The Morgan fingerprint density at radius 3 is 2.02 bits per heavy atom. The summed E-state index contributed by atoms with van der Waals surface area (Å²) in [6, 6.07) is 33.0. The molecule has 3 aromatic heterocycles. The fraction of sp³-hybridized carbons (Fsp3) is 0.0943. The Hall–Kier alpha value is -7.24. The molecule has 0 aliphatic heterocycles. The molecule has 1 unspecified atom stereocenters. The molecule has 0 aliphatic carbocycles. The number of aromatic nitrogens is 4. The maximum atomic E-state index is 9.00. The van der Waals surface area contributed by atoms with E-state index in [-0.39, 0.29) is 27.9 Å². The largest absolute Gasteiger partial charge is 0.458 e. The summed E-state index contributed by atoms with van der Waals surface area (Å²) in [7, 11) is 0. The Labute approximate surface area is 352 Å². The normalized spacial score (nSPS) is 14.6. The zero-order valence-corrected chi connectivity index (χ0v) is 32.0. The standard InChI is InChI=1S/C53H42N4O/c1-36(2)37(3)40-30-31-54-52(32-40)57-48-25-11-10-22-46(48)47-29-28-43(34-51(47)57)58-42-21-14-20-41(33-42)55-35-56(50-27-13-12-26-49(50)55)53-44(38-16-6-4-7-17-38)23-15-24-45(53)39-18-8-5-9-19-39/h4-34,36-37H,1-3H3/i4D,5D,6D,7D,8D,9D,16D,17D,18D,19D. The molecule has 5 heteroatoms. The highest BCUT2D eigenvalue weighted by molar-refractivity contribution is 6.09. The van der Waals surface area contributed by atoms with Crippen LogP contribution in [-0.4, -0.2) is 14.1 Å². The molecule has 0 aliphatic rings. The summed E-state index contributed by atoms with van der Waals surface area (Å²) in [6.45, 7) is 6.67. The summed E-state index contributed by atoms with van der Waals surface area (Å²) in [5.41, 5.74) is 5.27. The van der Waals surface area contributed by atoms with Gasteiger partial charge in [-0.3, -0.25) is 13.7 Å². The SMILES string of the molecule is [2H]c1c([2H])c([2H])c(-c2cccc(-c3c([2H])c([2H])c([2H])c([2H])c3[2H])c2-[n+]2[c-]n(-c3cccc(Oc4ccc5c6ccccc6n(-c6cc(C(C)C(C)C)ccn6)c5c4)c3)c3ccccc32)c([2H])c1[2H]. The molecule has 0 saturated carbocycles. The Morgan fingerprint density at radius 1 is 0.621 bits per heavy atom. The van der Waals surface area contributed by atoms with Gasteiger partial charge in [-0.25, -0.2) is 4.98 Å². The van der Waals surface area contributed by atoms with E-state index in [1.165, 1.54) is 5.56 Å². The molecule has 0 fully saturated rings. The lowest BCUT2D eigenvalue weighted by Gasteiger charge is -2.17. The van der Waals surface area contributed by atoms with Gasteiger partial charge >= 0.3 is 0 Å². The molecule has 58 heavy (non-hydrogen) atoms. The van der Waals surface area contributed by atoms with Gasteiger partial charge in [0.05, 0.1) is 47.1 Å². The lowest BCUT2D eigenvalue weighted by atomic mass is 9.91. The van der Waals surface area contributed by atoms with Crippen LogP contribution in [0, 0.1) is 12.2 Å². The lowest BCUT2D eigenvalue weighted by Crippen LogP contribution is -2.31. The summed E-state index contributed by atoms with van der Waals surface area (Å²) in [4.78, 5) is 4.84. The van der Waals surface area contributed by atoms with Crippen molar-refractivity contribution in [3.8, 4) is 50.9 Å². The number of nitrogens with zero attached hydrogens (tertiary/aromatic N) is 4. The minimum Gasteiger partial charge on any atom is -0.458 e. The maximum Gasteiger partial charge on any atom is 0.269 e. The number of ether oxygens (including phenoxy) is 1. The Morgan fingerprint density at radius 2 is 1.28 bits per heavy atom. The fourth-order valence-electron chi connectivity index (χ4n) is 7.68. The first-order valence-corrected chi connectivity index (χ1v) is 19.2. The van der Waals surface area contributed by atoms with E-state index in [0.29, 0.717) is 40.1 Å². The maximum absolute atomic E-state index is 9.00. The van der Waals surface area contributed by atoms with Crippen molar-refractivity contribution in [2.75, 3.05) is 0 Å². The third-order valence-electron chi connectivity index (χ3n) is 10.8. The molecule has 7 aromatic carbocycles. The Kier molecular flexibility index (Phi) is 6.54. The molecule has 0 radical (unpaired) electrons. The second-order valence-electron chi connectivity index (χ2n) is 14.6. The molecule has 10 rings (SSSR count). The van der Waals surface area contributed by atoms with Gasteiger partial charge < -0.3 is 4.74 Å².